The Balaban J connectivity index is 2.00. The van der Waals surface area contributed by atoms with Gasteiger partial charge in [-0.25, -0.2) is 4.79 Å². The molecule has 0 bridgehead atoms. The van der Waals surface area contributed by atoms with E-state index in [-0.39, 0.29) is 17.8 Å². The maximum atomic E-state index is 12.0. The van der Waals surface area contributed by atoms with Crippen LogP contribution >= 0.6 is 0 Å². The van der Waals surface area contributed by atoms with Gasteiger partial charge in [0, 0.05) is 17.4 Å². The van der Waals surface area contributed by atoms with Crippen molar-refractivity contribution in [1.82, 2.24) is 0 Å². The fraction of sp³-hybridized carbons (Fsp3) is 0.444. The highest BCUT2D eigenvalue weighted by Gasteiger charge is 2.33. The van der Waals surface area contributed by atoms with Crippen LogP contribution in [0.15, 0.2) is 60.7 Å². The van der Waals surface area contributed by atoms with Gasteiger partial charge >= 0.3 is 5.97 Å². The van der Waals surface area contributed by atoms with Crippen LogP contribution < -0.4 is 4.74 Å². The van der Waals surface area contributed by atoms with Gasteiger partial charge in [0.15, 0.2) is 0 Å². The molecule has 174 valence electrons. The van der Waals surface area contributed by atoms with Crippen LogP contribution in [0.2, 0.25) is 0 Å². The van der Waals surface area contributed by atoms with Crippen molar-refractivity contribution in [2.75, 3.05) is 6.61 Å². The topological polar surface area (TPSA) is 76.0 Å². The Hall–Kier alpha value is -2.79. The van der Waals surface area contributed by atoms with Gasteiger partial charge in [0.05, 0.1) is 6.10 Å². The first-order valence-corrected chi connectivity index (χ1v) is 11.1. The molecule has 2 aromatic rings. The molecule has 0 saturated carbocycles. The van der Waals surface area contributed by atoms with Crippen LogP contribution in [0.25, 0.3) is 0 Å². The predicted octanol–water partition coefficient (Wildman–Crippen LogP) is 5.53. The molecular formula is C27H36O5. The standard InChI is InChI=1S/C27H36O5/c1-7-27(8-2,32-25(30)19(3)4)17-23(29)18-31-24-15-11-21(12-16-24)26(5,6)20-9-13-22(28)14-10-20/h9-16,23,28-29H,3,7-8,17-18H2,1-2,4-6H3. The van der Waals surface area contributed by atoms with Crippen molar-refractivity contribution >= 4 is 5.97 Å². The predicted molar refractivity (Wildman–Crippen MR) is 127 cm³/mol. The summed E-state index contributed by atoms with van der Waals surface area (Å²) in [5.74, 6) is 0.469. The fourth-order valence-electron chi connectivity index (χ4n) is 3.70. The molecule has 2 aromatic carbocycles. The van der Waals surface area contributed by atoms with Gasteiger partial charge in [0.25, 0.3) is 0 Å². The zero-order valence-corrected chi connectivity index (χ0v) is 19.9. The molecule has 0 aliphatic carbocycles. The Morgan fingerprint density at radius 1 is 1.00 bits per heavy atom. The summed E-state index contributed by atoms with van der Waals surface area (Å²) in [6, 6.07) is 15.0. The number of esters is 1. The van der Waals surface area contributed by atoms with E-state index in [9.17, 15) is 15.0 Å². The number of carbonyl (C=O) groups excluding carboxylic acids is 1. The third-order valence-corrected chi connectivity index (χ3v) is 6.16. The molecule has 0 aliphatic rings. The summed E-state index contributed by atoms with van der Waals surface area (Å²) in [5.41, 5.74) is 1.58. The Morgan fingerprint density at radius 2 is 1.50 bits per heavy atom. The lowest BCUT2D eigenvalue weighted by Gasteiger charge is -2.33. The number of aliphatic hydroxyl groups excluding tert-OH is 1. The normalized spacial score (nSPS) is 12.8. The maximum absolute atomic E-state index is 12.0. The fourth-order valence-corrected chi connectivity index (χ4v) is 3.70. The van der Waals surface area contributed by atoms with Crippen molar-refractivity contribution in [1.29, 1.82) is 0 Å². The lowest BCUT2D eigenvalue weighted by atomic mass is 9.78. The Kier molecular flexibility index (Phi) is 8.51. The van der Waals surface area contributed by atoms with E-state index >= 15 is 0 Å². The van der Waals surface area contributed by atoms with E-state index in [2.05, 4.69) is 20.4 Å². The van der Waals surface area contributed by atoms with Crippen LogP contribution in [0.1, 0.15) is 65.0 Å². The zero-order valence-electron chi connectivity index (χ0n) is 19.9. The second kappa shape index (κ2) is 10.7. The molecular weight excluding hydrogens is 404 g/mol. The number of hydrogen-bond donors (Lipinski definition) is 2. The van der Waals surface area contributed by atoms with Crippen molar-refractivity contribution < 1.29 is 24.5 Å². The molecule has 5 nitrogen and oxygen atoms in total. The van der Waals surface area contributed by atoms with Crippen LogP contribution in [0.5, 0.6) is 11.5 Å². The van der Waals surface area contributed by atoms with Crippen LogP contribution in [0, 0.1) is 0 Å². The molecule has 0 radical (unpaired) electrons. The summed E-state index contributed by atoms with van der Waals surface area (Å²) >= 11 is 0. The molecule has 0 aliphatic heterocycles. The first kappa shape index (κ1) is 25.5. The van der Waals surface area contributed by atoms with E-state index in [0.717, 1.165) is 11.1 Å². The minimum atomic E-state index is -0.777. The second-order valence-electron chi connectivity index (χ2n) is 8.93. The van der Waals surface area contributed by atoms with E-state index in [4.69, 9.17) is 9.47 Å². The number of rotatable bonds is 11. The first-order chi connectivity index (χ1) is 15.0. The summed E-state index contributed by atoms with van der Waals surface area (Å²) in [5, 5.41) is 20.1. The molecule has 0 amide bonds. The van der Waals surface area contributed by atoms with Crippen LogP contribution in [-0.4, -0.2) is 34.5 Å². The van der Waals surface area contributed by atoms with Gasteiger partial charge in [-0.1, -0.05) is 58.5 Å². The number of phenols is 1. The van der Waals surface area contributed by atoms with E-state index in [1.54, 1.807) is 19.1 Å². The average Bonchev–Trinajstić information content (AvgIpc) is 2.77. The SMILES string of the molecule is C=C(C)C(=O)OC(CC)(CC)CC(O)COc1ccc(C(C)(C)c2ccc(O)cc2)cc1. The first-order valence-electron chi connectivity index (χ1n) is 11.1. The average molecular weight is 441 g/mol. The molecule has 2 N–H and O–H groups in total. The van der Waals surface area contributed by atoms with Gasteiger partial charge in [-0.15, -0.1) is 0 Å². The number of phenolic OH excluding ortho intramolecular Hbond substituents is 1. The van der Waals surface area contributed by atoms with Crippen molar-refractivity contribution in [3.63, 3.8) is 0 Å². The number of aliphatic hydroxyl groups is 1. The van der Waals surface area contributed by atoms with Crippen molar-refractivity contribution in [3.05, 3.63) is 71.8 Å². The van der Waals surface area contributed by atoms with E-state index in [1.807, 2.05) is 50.2 Å². The summed E-state index contributed by atoms with van der Waals surface area (Å²) in [6.45, 7) is 13.5. The highest BCUT2D eigenvalue weighted by atomic mass is 16.6. The minimum Gasteiger partial charge on any atom is -0.508 e. The Labute approximate surface area is 191 Å². The monoisotopic (exact) mass is 440 g/mol. The quantitative estimate of drug-likeness (QED) is 0.355. The van der Waals surface area contributed by atoms with Crippen LogP contribution in [0.4, 0.5) is 0 Å². The zero-order chi connectivity index (χ0) is 23.9. The molecule has 5 heteroatoms. The second-order valence-corrected chi connectivity index (χ2v) is 8.93. The van der Waals surface area contributed by atoms with Gasteiger partial charge in [-0.3, -0.25) is 0 Å². The molecule has 0 aromatic heterocycles. The third-order valence-electron chi connectivity index (χ3n) is 6.16. The number of benzene rings is 2. The van der Waals surface area contributed by atoms with E-state index in [0.29, 0.717) is 30.6 Å². The highest BCUT2D eigenvalue weighted by Crippen LogP contribution is 2.33. The smallest absolute Gasteiger partial charge is 0.333 e. The summed E-state index contributed by atoms with van der Waals surface area (Å²) < 4.78 is 11.5. The van der Waals surface area contributed by atoms with Gasteiger partial charge in [-0.05, 0) is 55.2 Å². The van der Waals surface area contributed by atoms with E-state index < -0.39 is 17.7 Å². The van der Waals surface area contributed by atoms with Gasteiger partial charge in [0.2, 0.25) is 0 Å². The van der Waals surface area contributed by atoms with Crippen molar-refractivity contribution in [3.8, 4) is 11.5 Å². The molecule has 0 fully saturated rings. The molecule has 0 saturated heterocycles. The number of carbonyl (C=O) groups is 1. The molecule has 32 heavy (non-hydrogen) atoms. The lowest BCUT2D eigenvalue weighted by molar-refractivity contribution is -0.159. The molecule has 0 spiro atoms. The molecule has 1 unspecified atom stereocenters. The highest BCUT2D eigenvalue weighted by molar-refractivity contribution is 5.87. The third kappa shape index (κ3) is 6.36. The van der Waals surface area contributed by atoms with Crippen molar-refractivity contribution in [2.24, 2.45) is 0 Å². The Morgan fingerprint density at radius 3 is 1.97 bits per heavy atom. The maximum Gasteiger partial charge on any atom is 0.333 e. The summed E-state index contributed by atoms with van der Waals surface area (Å²) in [6.07, 6.45) is 0.715. The molecule has 1 atom stereocenters. The van der Waals surface area contributed by atoms with Gasteiger partial charge in [0.1, 0.15) is 23.7 Å². The number of hydrogen-bond acceptors (Lipinski definition) is 5. The number of ether oxygens (including phenoxy) is 2. The number of aromatic hydroxyl groups is 1. The van der Waals surface area contributed by atoms with Crippen LogP contribution in [-0.2, 0) is 14.9 Å². The lowest BCUT2D eigenvalue weighted by Crippen LogP contribution is -2.39. The minimum absolute atomic E-state index is 0.104. The molecule has 0 heterocycles. The van der Waals surface area contributed by atoms with Gasteiger partial charge < -0.3 is 19.7 Å². The summed E-state index contributed by atoms with van der Waals surface area (Å²) in [7, 11) is 0. The van der Waals surface area contributed by atoms with E-state index in [1.165, 1.54) is 0 Å². The Bertz CT molecular complexity index is 893. The van der Waals surface area contributed by atoms with Crippen LogP contribution in [0.3, 0.4) is 0 Å². The van der Waals surface area contributed by atoms with Gasteiger partial charge in [-0.2, -0.15) is 0 Å². The largest absolute Gasteiger partial charge is 0.508 e. The van der Waals surface area contributed by atoms with Crippen molar-refractivity contribution in [2.45, 2.75) is 71.0 Å². The summed E-state index contributed by atoms with van der Waals surface area (Å²) in [4.78, 5) is 12.0. The molecule has 2 rings (SSSR count).